The third kappa shape index (κ3) is 5.42. The molecule has 21 heavy (non-hydrogen) atoms. The monoisotopic (exact) mass is 352 g/mol. The van der Waals surface area contributed by atoms with Crippen molar-refractivity contribution in [2.75, 3.05) is 6.54 Å². The third-order valence-electron chi connectivity index (χ3n) is 3.10. The zero-order chi connectivity index (χ0) is 16.0. The Morgan fingerprint density at radius 1 is 1.19 bits per heavy atom. The van der Waals surface area contributed by atoms with Crippen molar-refractivity contribution in [1.29, 1.82) is 0 Å². The minimum absolute atomic E-state index is 0.0714. The van der Waals surface area contributed by atoms with E-state index in [9.17, 15) is 8.42 Å². The normalized spacial score (nSPS) is 13.4. The molecule has 1 aromatic rings. The average Bonchev–Trinajstić information content (AvgIpc) is 2.40. The van der Waals surface area contributed by atoms with E-state index in [0.29, 0.717) is 18.0 Å². The van der Waals surface area contributed by atoms with E-state index in [1.807, 2.05) is 13.8 Å². The Morgan fingerprint density at radius 3 is 2.43 bits per heavy atom. The van der Waals surface area contributed by atoms with E-state index in [4.69, 9.17) is 23.2 Å². The molecule has 0 aromatic heterocycles. The van der Waals surface area contributed by atoms with Crippen LogP contribution in [0.1, 0.15) is 39.2 Å². The first-order valence-electron chi connectivity index (χ1n) is 7.02. The first-order valence-corrected chi connectivity index (χ1v) is 9.26. The fourth-order valence-electron chi connectivity index (χ4n) is 1.72. The first kappa shape index (κ1) is 18.7. The fraction of sp³-hybridized carbons (Fsp3) is 0.571. The zero-order valence-electron chi connectivity index (χ0n) is 12.5. The lowest BCUT2D eigenvalue weighted by atomic mass is 10.2. The zero-order valence-corrected chi connectivity index (χ0v) is 14.9. The van der Waals surface area contributed by atoms with Gasteiger partial charge in [-0.2, -0.15) is 0 Å². The summed E-state index contributed by atoms with van der Waals surface area (Å²) in [5, 5.41) is 3.80. The van der Waals surface area contributed by atoms with Gasteiger partial charge in [-0.15, -0.1) is 0 Å². The average molecular weight is 353 g/mol. The smallest absolute Gasteiger partial charge is 0.242 e. The van der Waals surface area contributed by atoms with Crippen molar-refractivity contribution in [3.63, 3.8) is 0 Å². The molecule has 7 heteroatoms. The molecule has 0 radical (unpaired) electrons. The number of nitrogens with one attached hydrogen (secondary N) is 2. The molecule has 0 amide bonds. The Balaban J connectivity index is 3.09. The summed E-state index contributed by atoms with van der Waals surface area (Å²) >= 11 is 12.2. The number of rotatable bonds is 8. The molecular weight excluding hydrogens is 331 g/mol. The minimum Gasteiger partial charge on any atom is -0.313 e. The highest BCUT2D eigenvalue weighted by Crippen LogP contribution is 2.28. The molecule has 1 aromatic carbocycles. The molecule has 4 nitrogen and oxygen atoms in total. The van der Waals surface area contributed by atoms with Crippen LogP contribution in [0.5, 0.6) is 0 Å². The SMILES string of the molecule is CCCNCc1cc(S(=O)(=O)NC(C)CC)c(Cl)cc1Cl. The highest BCUT2D eigenvalue weighted by atomic mass is 35.5. The van der Waals surface area contributed by atoms with Crippen molar-refractivity contribution in [2.45, 2.75) is 51.1 Å². The van der Waals surface area contributed by atoms with Crippen molar-refractivity contribution in [1.82, 2.24) is 10.0 Å². The van der Waals surface area contributed by atoms with Gasteiger partial charge in [-0.05, 0) is 44.0 Å². The summed E-state index contributed by atoms with van der Waals surface area (Å²) in [5.41, 5.74) is 0.721. The van der Waals surface area contributed by atoms with Crippen LogP contribution in [0.25, 0.3) is 0 Å². The van der Waals surface area contributed by atoms with E-state index >= 15 is 0 Å². The van der Waals surface area contributed by atoms with Gasteiger partial charge in [0.2, 0.25) is 10.0 Å². The predicted molar refractivity (Wildman–Crippen MR) is 88.5 cm³/mol. The van der Waals surface area contributed by atoms with E-state index in [-0.39, 0.29) is 16.0 Å². The number of hydrogen-bond donors (Lipinski definition) is 2. The largest absolute Gasteiger partial charge is 0.313 e. The Labute approximate surface area is 137 Å². The molecule has 0 saturated heterocycles. The van der Waals surface area contributed by atoms with Crippen LogP contribution < -0.4 is 10.0 Å². The first-order chi connectivity index (χ1) is 9.81. The molecule has 1 atom stereocenters. The van der Waals surface area contributed by atoms with E-state index in [0.717, 1.165) is 18.5 Å². The minimum atomic E-state index is -3.64. The summed E-state index contributed by atoms with van der Waals surface area (Å²) in [4.78, 5) is 0.0714. The molecular formula is C14H22Cl2N2O2S. The van der Waals surface area contributed by atoms with Crippen LogP contribution in [0, 0.1) is 0 Å². The second-order valence-corrected chi connectivity index (χ2v) is 7.48. The number of halogens is 2. The van der Waals surface area contributed by atoms with Gasteiger partial charge in [-0.3, -0.25) is 0 Å². The molecule has 0 heterocycles. The van der Waals surface area contributed by atoms with Crippen LogP contribution >= 0.6 is 23.2 Å². The quantitative estimate of drug-likeness (QED) is 0.703. The number of benzene rings is 1. The molecule has 0 bridgehead atoms. The van der Waals surface area contributed by atoms with Gasteiger partial charge in [-0.1, -0.05) is 37.0 Å². The Bertz CT molecular complexity index is 577. The summed E-state index contributed by atoms with van der Waals surface area (Å²) in [6.07, 6.45) is 1.70. The van der Waals surface area contributed by atoms with Gasteiger partial charge < -0.3 is 5.32 Å². The fourth-order valence-corrected chi connectivity index (χ4v) is 3.92. The van der Waals surface area contributed by atoms with Crippen LogP contribution in [0.15, 0.2) is 17.0 Å². The molecule has 0 spiro atoms. The van der Waals surface area contributed by atoms with Gasteiger partial charge in [0.15, 0.2) is 0 Å². The predicted octanol–water partition coefficient (Wildman–Crippen LogP) is 3.57. The molecule has 0 aliphatic heterocycles. The third-order valence-corrected chi connectivity index (χ3v) is 5.51. The molecule has 0 aliphatic rings. The summed E-state index contributed by atoms with van der Waals surface area (Å²) in [5.74, 6) is 0. The van der Waals surface area contributed by atoms with Crippen molar-refractivity contribution >= 4 is 33.2 Å². The lowest BCUT2D eigenvalue weighted by molar-refractivity contribution is 0.555. The molecule has 120 valence electrons. The molecule has 0 aliphatic carbocycles. The van der Waals surface area contributed by atoms with Crippen molar-refractivity contribution in [3.8, 4) is 0 Å². The van der Waals surface area contributed by atoms with Crippen LogP contribution in [-0.4, -0.2) is 21.0 Å². The van der Waals surface area contributed by atoms with Crippen molar-refractivity contribution in [3.05, 3.63) is 27.7 Å². The van der Waals surface area contributed by atoms with Gasteiger partial charge in [0.1, 0.15) is 4.90 Å². The van der Waals surface area contributed by atoms with E-state index < -0.39 is 10.0 Å². The highest BCUT2D eigenvalue weighted by molar-refractivity contribution is 7.89. The second kappa shape index (κ2) is 8.34. The topological polar surface area (TPSA) is 58.2 Å². The van der Waals surface area contributed by atoms with Crippen LogP contribution in [-0.2, 0) is 16.6 Å². The Morgan fingerprint density at radius 2 is 1.86 bits per heavy atom. The molecule has 1 rings (SSSR count). The van der Waals surface area contributed by atoms with E-state index in [1.165, 1.54) is 12.1 Å². The molecule has 0 saturated carbocycles. The van der Waals surface area contributed by atoms with E-state index in [1.54, 1.807) is 0 Å². The van der Waals surface area contributed by atoms with Crippen molar-refractivity contribution in [2.24, 2.45) is 0 Å². The van der Waals surface area contributed by atoms with Crippen LogP contribution in [0.2, 0.25) is 10.0 Å². The number of sulfonamides is 1. The number of hydrogen-bond acceptors (Lipinski definition) is 3. The maximum Gasteiger partial charge on any atom is 0.242 e. The van der Waals surface area contributed by atoms with Gasteiger partial charge in [-0.25, -0.2) is 13.1 Å². The van der Waals surface area contributed by atoms with Gasteiger partial charge in [0, 0.05) is 17.6 Å². The molecule has 2 N–H and O–H groups in total. The lowest BCUT2D eigenvalue weighted by Gasteiger charge is -2.15. The summed E-state index contributed by atoms with van der Waals surface area (Å²) in [6.45, 7) is 7.13. The summed E-state index contributed by atoms with van der Waals surface area (Å²) in [7, 11) is -3.64. The molecule has 1 unspecified atom stereocenters. The van der Waals surface area contributed by atoms with Gasteiger partial charge in [0.25, 0.3) is 0 Å². The van der Waals surface area contributed by atoms with Crippen molar-refractivity contribution < 1.29 is 8.42 Å². The Hall–Kier alpha value is -0.330. The molecule has 0 fully saturated rings. The summed E-state index contributed by atoms with van der Waals surface area (Å²) in [6, 6.07) is 2.87. The maximum absolute atomic E-state index is 12.4. The lowest BCUT2D eigenvalue weighted by Crippen LogP contribution is -2.32. The highest BCUT2D eigenvalue weighted by Gasteiger charge is 2.21. The van der Waals surface area contributed by atoms with Gasteiger partial charge >= 0.3 is 0 Å². The second-order valence-electron chi connectivity index (χ2n) is 4.98. The summed E-state index contributed by atoms with van der Waals surface area (Å²) < 4.78 is 27.3. The maximum atomic E-state index is 12.4. The standard InChI is InChI=1S/C14H22Cl2N2O2S/c1-4-6-17-9-11-7-14(13(16)8-12(11)15)21(19,20)18-10(3)5-2/h7-8,10,17-18H,4-6,9H2,1-3H3. The van der Waals surface area contributed by atoms with Crippen LogP contribution in [0.3, 0.4) is 0 Å². The van der Waals surface area contributed by atoms with E-state index in [2.05, 4.69) is 17.0 Å². The van der Waals surface area contributed by atoms with Gasteiger partial charge in [0.05, 0.1) is 5.02 Å². The van der Waals surface area contributed by atoms with Crippen LogP contribution in [0.4, 0.5) is 0 Å². The Kier molecular flexibility index (Phi) is 7.44.